The second-order valence-corrected chi connectivity index (χ2v) is 4.44. The van der Waals surface area contributed by atoms with Gasteiger partial charge >= 0.3 is 5.97 Å². The molecule has 0 aromatic heterocycles. The number of aliphatic hydroxyl groups excluding tert-OH is 2. The number of allylic oxidation sites excluding steroid dienone is 1. The summed E-state index contributed by atoms with van der Waals surface area (Å²) in [7, 11) is 0. The van der Waals surface area contributed by atoms with Crippen molar-refractivity contribution in [1.29, 1.82) is 0 Å². The first kappa shape index (κ1) is 11.3. The third kappa shape index (κ3) is 1.13. The van der Waals surface area contributed by atoms with Gasteiger partial charge in [-0.1, -0.05) is 13.0 Å². The summed E-state index contributed by atoms with van der Waals surface area (Å²) < 4.78 is 4.92. The van der Waals surface area contributed by atoms with Gasteiger partial charge in [-0.3, -0.25) is 9.59 Å². The van der Waals surface area contributed by atoms with Gasteiger partial charge in [-0.2, -0.15) is 0 Å². The van der Waals surface area contributed by atoms with Crippen molar-refractivity contribution in [3.63, 3.8) is 0 Å². The van der Waals surface area contributed by atoms with Crippen molar-refractivity contribution in [1.82, 2.24) is 0 Å². The van der Waals surface area contributed by atoms with E-state index in [2.05, 4.69) is 0 Å². The second-order valence-electron chi connectivity index (χ2n) is 4.44. The van der Waals surface area contributed by atoms with E-state index in [1.54, 1.807) is 13.8 Å². The Morgan fingerprint density at radius 3 is 2.44 bits per heavy atom. The molecule has 5 nitrogen and oxygen atoms in total. The molecule has 16 heavy (non-hydrogen) atoms. The second kappa shape index (κ2) is 3.40. The lowest BCUT2D eigenvalue weighted by Gasteiger charge is -2.38. The van der Waals surface area contributed by atoms with E-state index in [1.165, 1.54) is 12.2 Å². The van der Waals surface area contributed by atoms with Crippen molar-refractivity contribution in [2.24, 2.45) is 11.3 Å². The topological polar surface area (TPSA) is 83.8 Å². The number of cyclic esters (lactones) is 1. The van der Waals surface area contributed by atoms with E-state index in [-0.39, 0.29) is 0 Å². The van der Waals surface area contributed by atoms with Gasteiger partial charge < -0.3 is 14.9 Å². The van der Waals surface area contributed by atoms with Crippen molar-refractivity contribution < 1.29 is 24.5 Å². The number of hydrogen-bond donors (Lipinski definition) is 2. The lowest BCUT2D eigenvalue weighted by Crippen LogP contribution is -2.56. The largest absolute Gasteiger partial charge is 0.459 e. The SMILES string of the molecule is C[C@@H]1OC(=O)[C@@]2([C@H](O)C(=O)C=C[C@@H]2C)[C@@H]1O. The summed E-state index contributed by atoms with van der Waals surface area (Å²) in [5, 5.41) is 19.9. The number of aliphatic hydroxyl groups is 2. The van der Waals surface area contributed by atoms with E-state index in [1.807, 2.05) is 0 Å². The van der Waals surface area contributed by atoms with E-state index in [9.17, 15) is 19.8 Å². The molecule has 0 aromatic rings. The van der Waals surface area contributed by atoms with Crippen LogP contribution in [0, 0.1) is 11.3 Å². The molecule has 88 valence electrons. The summed E-state index contributed by atoms with van der Waals surface area (Å²) in [6.45, 7) is 3.22. The van der Waals surface area contributed by atoms with Gasteiger partial charge in [0.1, 0.15) is 23.7 Å². The summed E-state index contributed by atoms with van der Waals surface area (Å²) in [6, 6.07) is 0. The highest BCUT2D eigenvalue weighted by Crippen LogP contribution is 2.46. The monoisotopic (exact) mass is 226 g/mol. The molecule has 5 heteroatoms. The van der Waals surface area contributed by atoms with Crippen LogP contribution in [0.5, 0.6) is 0 Å². The lowest BCUT2D eigenvalue weighted by molar-refractivity contribution is -0.163. The van der Waals surface area contributed by atoms with Crippen LogP contribution in [0.4, 0.5) is 0 Å². The van der Waals surface area contributed by atoms with Crippen LogP contribution in [0.1, 0.15) is 13.8 Å². The zero-order valence-corrected chi connectivity index (χ0v) is 9.08. The molecular weight excluding hydrogens is 212 g/mol. The number of rotatable bonds is 0. The van der Waals surface area contributed by atoms with E-state index < -0.39 is 41.4 Å². The van der Waals surface area contributed by atoms with E-state index in [4.69, 9.17) is 4.74 Å². The van der Waals surface area contributed by atoms with Crippen molar-refractivity contribution in [3.05, 3.63) is 12.2 Å². The Kier molecular flexibility index (Phi) is 2.40. The molecule has 1 aliphatic carbocycles. The molecule has 5 atom stereocenters. The van der Waals surface area contributed by atoms with Gasteiger partial charge in [0.2, 0.25) is 0 Å². The summed E-state index contributed by atoms with van der Waals surface area (Å²) in [5.41, 5.74) is -1.54. The molecule has 0 saturated carbocycles. The molecule has 2 N–H and O–H groups in total. The Labute approximate surface area is 92.7 Å². The minimum absolute atomic E-state index is 0.437. The first-order valence-corrected chi connectivity index (χ1v) is 5.21. The standard InChI is InChI=1S/C11H14O5/c1-5-3-4-7(12)9(14)11(5)8(13)6(2)16-10(11)15/h3-6,8-9,13-14H,1-2H3/t5-,6-,8+,9+,11+/m0/s1. The van der Waals surface area contributed by atoms with Crippen molar-refractivity contribution >= 4 is 11.8 Å². The maximum absolute atomic E-state index is 11.8. The maximum atomic E-state index is 11.8. The molecule has 0 aromatic carbocycles. The molecule has 2 rings (SSSR count). The number of carbonyl (C=O) groups excluding carboxylic acids is 2. The predicted octanol–water partition coefficient (Wildman–Crippen LogP) is -0.585. The number of carbonyl (C=O) groups is 2. The Bertz CT molecular complexity index is 375. The zero-order valence-electron chi connectivity index (χ0n) is 9.08. The summed E-state index contributed by atoms with van der Waals surface area (Å²) in [4.78, 5) is 23.3. The van der Waals surface area contributed by atoms with Crippen LogP contribution in [-0.2, 0) is 14.3 Å². The average Bonchev–Trinajstić information content (AvgIpc) is 2.45. The summed E-state index contributed by atoms with van der Waals surface area (Å²) in [5.74, 6) is -1.71. The third-order valence-corrected chi connectivity index (χ3v) is 3.61. The van der Waals surface area contributed by atoms with Crippen LogP contribution in [0.2, 0.25) is 0 Å². The van der Waals surface area contributed by atoms with Crippen LogP contribution in [0.25, 0.3) is 0 Å². The molecule has 0 unspecified atom stereocenters. The number of esters is 1. The Hall–Kier alpha value is -1.20. The Morgan fingerprint density at radius 1 is 1.31 bits per heavy atom. The van der Waals surface area contributed by atoms with Gasteiger partial charge in [-0.25, -0.2) is 0 Å². The molecule has 0 amide bonds. The van der Waals surface area contributed by atoms with Gasteiger partial charge in [0.15, 0.2) is 5.78 Å². The van der Waals surface area contributed by atoms with Crippen molar-refractivity contribution in [3.8, 4) is 0 Å². The van der Waals surface area contributed by atoms with Crippen LogP contribution in [-0.4, -0.2) is 40.3 Å². The highest BCUT2D eigenvalue weighted by molar-refractivity contribution is 6.00. The van der Waals surface area contributed by atoms with Gasteiger partial charge in [-0.15, -0.1) is 0 Å². The fraction of sp³-hybridized carbons (Fsp3) is 0.636. The molecule has 2 aliphatic rings. The van der Waals surface area contributed by atoms with Gasteiger partial charge in [-0.05, 0) is 18.9 Å². The molecule has 1 spiro atoms. The predicted molar refractivity (Wildman–Crippen MR) is 53.3 cm³/mol. The van der Waals surface area contributed by atoms with Crippen LogP contribution in [0.15, 0.2) is 12.2 Å². The molecule has 0 bridgehead atoms. The van der Waals surface area contributed by atoms with E-state index in [0.29, 0.717) is 0 Å². The Morgan fingerprint density at radius 2 is 1.94 bits per heavy atom. The van der Waals surface area contributed by atoms with Crippen molar-refractivity contribution in [2.45, 2.75) is 32.2 Å². The number of ketones is 1. The number of hydrogen-bond acceptors (Lipinski definition) is 5. The minimum atomic E-state index is -1.54. The molecule has 0 radical (unpaired) electrons. The minimum Gasteiger partial charge on any atom is -0.459 e. The van der Waals surface area contributed by atoms with E-state index in [0.717, 1.165) is 0 Å². The van der Waals surface area contributed by atoms with Crippen LogP contribution < -0.4 is 0 Å². The normalized spacial score (nSPS) is 47.5. The molecule has 1 fully saturated rings. The van der Waals surface area contributed by atoms with Crippen LogP contribution in [0.3, 0.4) is 0 Å². The third-order valence-electron chi connectivity index (χ3n) is 3.61. The molecule has 1 heterocycles. The highest BCUT2D eigenvalue weighted by Gasteiger charge is 2.64. The summed E-state index contributed by atoms with van der Waals surface area (Å²) in [6.07, 6.45) is -0.635. The quantitative estimate of drug-likeness (QED) is 0.540. The fourth-order valence-corrected chi connectivity index (χ4v) is 2.55. The van der Waals surface area contributed by atoms with E-state index >= 15 is 0 Å². The zero-order chi connectivity index (χ0) is 12.1. The maximum Gasteiger partial charge on any atom is 0.318 e. The Balaban J connectivity index is 2.54. The van der Waals surface area contributed by atoms with Gasteiger partial charge in [0, 0.05) is 0 Å². The lowest BCUT2D eigenvalue weighted by atomic mass is 9.64. The first-order valence-electron chi connectivity index (χ1n) is 5.21. The smallest absolute Gasteiger partial charge is 0.318 e. The van der Waals surface area contributed by atoms with Crippen LogP contribution >= 0.6 is 0 Å². The molecular formula is C11H14O5. The van der Waals surface area contributed by atoms with Crippen molar-refractivity contribution in [2.75, 3.05) is 0 Å². The average molecular weight is 226 g/mol. The summed E-state index contributed by atoms with van der Waals surface area (Å²) >= 11 is 0. The molecule has 1 aliphatic heterocycles. The van der Waals surface area contributed by atoms with Gasteiger partial charge in [0.25, 0.3) is 0 Å². The fourth-order valence-electron chi connectivity index (χ4n) is 2.55. The van der Waals surface area contributed by atoms with Gasteiger partial charge in [0.05, 0.1) is 0 Å². The first-order chi connectivity index (χ1) is 7.42. The number of ether oxygens (including phenoxy) is 1. The molecule has 1 saturated heterocycles. The highest BCUT2D eigenvalue weighted by atomic mass is 16.6.